The molecule has 1 heterocycles. The minimum Gasteiger partial charge on any atom is -0.296 e. The summed E-state index contributed by atoms with van der Waals surface area (Å²) in [6, 6.07) is 9.71. The van der Waals surface area contributed by atoms with E-state index in [9.17, 15) is 0 Å². The molecule has 0 amide bonds. The van der Waals surface area contributed by atoms with Gasteiger partial charge in [-0.2, -0.15) is 0 Å². The Morgan fingerprint density at radius 2 is 1.39 bits per heavy atom. The summed E-state index contributed by atoms with van der Waals surface area (Å²) in [6.07, 6.45) is 15.5. The Labute approximate surface area is 144 Å². The summed E-state index contributed by atoms with van der Waals surface area (Å²) in [6.45, 7) is 7.13. The van der Waals surface area contributed by atoms with Crippen LogP contribution in [-0.2, 0) is 13.0 Å². The SMILES string of the molecule is CCCCCCCCCCCCN1Cc2ccccc2CC1C. The molecule has 1 heteroatoms. The average Bonchev–Trinajstić information content (AvgIpc) is 2.57. The molecule has 23 heavy (non-hydrogen) atoms. The Morgan fingerprint density at radius 1 is 0.826 bits per heavy atom. The van der Waals surface area contributed by atoms with E-state index in [4.69, 9.17) is 0 Å². The third-order valence-electron chi connectivity index (χ3n) is 5.43. The molecule has 0 fully saturated rings. The highest BCUT2D eigenvalue weighted by molar-refractivity contribution is 5.29. The second-order valence-electron chi connectivity index (χ2n) is 7.47. The maximum absolute atomic E-state index is 2.69. The molecule has 1 aromatic carbocycles. The van der Waals surface area contributed by atoms with Crippen LogP contribution in [0.4, 0.5) is 0 Å². The Bertz CT molecular complexity index is 426. The zero-order valence-corrected chi connectivity index (χ0v) is 15.5. The fourth-order valence-electron chi connectivity index (χ4n) is 3.83. The maximum Gasteiger partial charge on any atom is 0.0239 e. The zero-order chi connectivity index (χ0) is 16.3. The van der Waals surface area contributed by atoms with Gasteiger partial charge in [0.05, 0.1) is 0 Å². The molecule has 0 aliphatic carbocycles. The van der Waals surface area contributed by atoms with Crippen molar-refractivity contribution in [1.29, 1.82) is 0 Å². The summed E-state index contributed by atoms with van der Waals surface area (Å²) in [5.41, 5.74) is 3.12. The molecule has 130 valence electrons. The quantitative estimate of drug-likeness (QED) is 0.430. The van der Waals surface area contributed by atoms with Gasteiger partial charge in [0.25, 0.3) is 0 Å². The highest BCUT2D eigenvalue weighted by atomic mass is 15.2. The highest BCUT2D eigenvalue weighted by Gasteiger charge is 2.21. The summed E-state index contributed by atoms with van der Waals surface area (Å²) >= 11 is 0. The fraction of sp³-hybridized carbons (Fsp3) is 0.727. The van der Waals surface area contributed by atoms with Gasteiger partial charge in [0.2, 0.25) is 0 Å². The van der Waals surface area contributed by atoms with E-state index in [1.807, 2.05) is 0 Å². The van der Waals surface area contributed by atoms with Gasteiger partial charge in [0, 0.05) is 12.6 Å². The standard InChI is InChI=1S/C22H37N/c1-3-4-5-6-7-8-9-10-11-14-17-23-19-22-16-13-12-15-21(22)18-20(23)2/h12-13,15-16,20H,3-11,14,17-19H2,1-2H3. The summed E-state index contributed by atoms with van der Waals surface area (Å²) in [4.78, 5) is 2.69. The first kappa shape index (κ1) is 18.5. The first-order valence-electron chi connectivity index (χ1n) is 10.1. The smallest absolute Gasteiger partial charge is 0.0239 e. The molecule has 0 spiro atoms. The van der Waals surface area contributed by atoms with Crippen molar-refractivity contribution >= 4 is 0 Å². The van der Waals surface area contributed by atoms with Crippen LogP contribution in [0.1, 0.15) is 89.2 Å². The zero-order valence-electron chi connectivity index (χ0n) is 15.5. The second kappa shape index (κ2) is 10.9. The molecule has 2 rings (SSSR count). The van der Waals surface area contributed by atoms with Crippen LogP contribution in [0.2, 0.25) is 0 Å². The highest BCUT2D eigenvalue weighted by Crippen LogP contribution is 2.23. The van der Waals surface area contributed by atoms with Crippen LogP contribution in [0.15, 0.2) is 24.3 Å². The molecule has 1 aliphatic heterocycles. The van der Waals surface area contributed by atoms with Crippen LogP contribution in [0, 0.1) is 0 Å². The molecular weight excluding hydrogens is 278 g/mol. The van der Waals surface area contributed by atoms with E-state index >= 15 is 0 Å². The van der Waals surface area contributed by atoms with Gasteiger partial charge in [-0.1, -0.05) is 89.0 Å². The predicted molar refractivity (Wildman–Crippen MR) is 102 cm³/mol. The summed E-state index contributed by atoms with van der Waals surface area (Å²) < 4.78 is 0. The van der Waals surface area contributed by atoms with E-state index in [0.717, 1.165) is 6.54 Å². The first-order valence-corrected chi connectivity index (χ1v) is 10.1. The van der Waals surface area contributed by atoms with E-state index in [2.05, 4.69) is 43.0 Å². The molecule has 1 nitrogen and oxygen atoms in total. The fourth-order valence-corrected chi connectivity index (χ4v) is 3.83. The van der Waals surface area contributed by atoms with Crippen molar-refractivity contribution in [3.63, 3.8) is 0 Å². The average molecular weight is 316 g/mol. The van der Waals surface area contributed by atoms with E-state index in [1.165, 1.54) is 77.2 Å². The van der Waals surface area contributed by atoms with Crippen LogP contribution in [0.3, 0.4) is 0 Å². The summed E-state index contributed by atoms with van der Waals surface area (Å²) in [5, 5.41) is 0. The van der Waals surface area contributed by atoms with Crippen LogP contribution in [0.5, 0.6) is 0 Å². The van der Waals surface area contributed by atoms with Crippen molar-refractivity contribution in [2.24, 2.45) is 0 Å². The van der Waals surface area contributed by atoms with Gasteiger partial charge < -0.3 is 0 Å². The third-order valence-corrected chi connectivity index (χ3v) is 5.43. The number of hydrogen-bond acceptors (Lipinski definition) is 1. The van der Waals surface area contributed by atoms with E-state index in [1.54, 1.807) is 11.1 Å². The molecule has 1 atom stereocenters. The second-order valence-corrected chi connectivity index (χ2v) is 7.47. The molecule has 0 aromatic heterocycles. The van der Waals surface area contributed by atoms with Crippen LogP contribution in [-0.4, -0.2) is 17.5 Å². The van der Waals surface area contributed by atoms with Gasteiger partial charge in [-0.05, 0) is 37.4 Å². The minimum atomic E-state index is 0.712. The number of rotatable bonds is 11. The lowest BCUT2D eigenvalue weighted by molar-refractivity contribution is 0.180. The summed E-state index contributed by atoms with van der Waals surface area (Å²) in [5.74, 6) is 0. The van der Waals surface area contributed by atoms with E-state index in [0.29, 0.717) is 6.04 Å². The van der Waals surface area contributed by atoms with Crippen molar-refractivity contribution < 1.29 is 0 Å². The molecule has 0 radical (unpaired) electrons. The molecule has 1 aromatic rings. The minimum absolute atomic E-state index is 0.712. The molecule has 0 saturated heterocycles. The number of fused-ring (bicyclic) bond motifs is 1. The van der Waals surface area contributed by atoms with Crippen LogP contribution >= 0.6 is 0 Å². The lowest BCUT2D eigenvalue weighted by Gasteiger charge is -2.34. The molecule has 1 unspecified atom stereocenters. The molecule has 0 bridgehead atoms. The molecule has 0 N–H and O–H groups in total. The lowest BCUT2D eigenvalue weighted by Crippen LogP contribution is -2.38. The number of unbranched alkanes of at least 4 members (excludes halogenated alkanes) is 9. The van der Waals surface area contributed by atoms with Gasteiger partial charge in [0.15, 0.2) is 0 Å². The normalized spacial score (nSPS) is 18.1. The van der Waals surface area contributed by atoms with Crippen molar-refractivity contribution in [3.8, 4) is 0 Å². The van der Waals surface area contributed by atoms with E-state index in [-0.39, 0.29) is 0 Å². The molecule has 0 saturated carbocycles. The van der Waals surface area contributed by atoms with Gasteiger partial charge >= 0.3 is 0 Å². The number of nitrogens with zero attached hydrogens (tertiary/aromatic N) is 1. The Balaban J connectivity index is 1.52. The largest absolute Gasteiger partial charge is 0.296 e. The lowest BCUT2D eigenvalue weighted by atomic mass is 9.94. The van der Waals surface area contributed by atoms with Gasteiger partial charge in [0.1, 0.15) is 0 Å². The van der Waals surface area contributed by atoms with Crippen LogP contribution in [0.25, 0.3) is 0 Å². The van der Waals surface area contributed by atoms with Crippen molar-refractivity contribution in [3.05, 3.63) is 35.4 Å². The molecule has 1 aliphatic rings. The maximum atomic E-state index is 2.69. The van der Waals surface area contributed by atoms with Crippen molar-refractivity contribution in [2.45, 2.75) is 97.1 Å². The summed E-state index contributed by atoms with van der Waals surface area (Å²) in [7, 11) is 0. The third kappa shape index (κ3) is 6.67. The number of hydrogen-bond donors (Lipinski definition) is 0. The predicted octanol–water partition coefficient (Wildman–Crippen LogP) is 6.35. The van der Waals surface area contributed by atoms with E-state index < -0.39 is 0 Å². The van der Waals surface area contributed by atoms with Crippen molar-refractivity contribution in [1.82, 2.24) is 4.90 Å². The van der Waals surface area contributed by atoms with Gasteiger partial charge in [-0.15, -0.1) is 0 Å². The van der Waals surface area contributed by atoms with Gasteiger partial charge in [-0.25, -0.2) is 0 Å². The first-order chi connectivity index (χ1) is 11.3. The molecular formula is C22H37N. The Kier molecular flexibility index (Phi) is 8.74. The van der Waals surface area contributed by atoms with Crippen LogP contribution < -0.4 is 0 Å². The topological polar surface area (TPSA) is 3.24 Å². The Hall–Kier alpha value is -0.820. The number of benzene rings is 1. The van der Waals surface area contributed by atoms with Gasteiger partial charge in [-0.3, -0.25) is 4.90 Å². The van der Waals surface area contributed by atoms with Crippen molar-refractivity contribution in [2.75, 3.05) is 6.54 Å². The monoisotopic (exact) mass is 315 g/mol. The Morgan fingerprint density at radius 3 is 2.04 bits per heavy atom.